The lowest BCUT2D eigenvalue weighted by Gasteiger charge is -2.23. The third kappa shape index (κ3) is 8.99. The second-order valence-corrected chi connectivity index (χ2v) is 7.24. The molecule has 0 aliphatic rings. The number of hydrogen-bond acceptors (Lipinski definition) is 5. The SMILES string of the molecule is C=C(/C=C\N=CC)CC(OC(=O)C(CCC)CCCCC)c1ccc(O)c(O)c1. The van der Waals surface area contributed by atoms with Crippen LogP contribution in [0.4, 0.5) is 0 Å². The van der Waals surface area contributed by atoms with Crippen molar-refractivity contribution < 1.29 is 19.7 Å². The number of ether oxygens (including phenoxy) is 1. The number of allylic oxidation sites excluding steroid dienone is 1. The third-order valence-corrected chi connectivity index (χ3v) is 4.75. The van der Waals surface area contributed by atoms with Crippen LogP contribution >= 0.6 is 0 Å². The molecule has 5 nitrogen and oxygen atoms in total. The first kappa shape index (κ1) is 24.5. The Balaban J connectivity index is 3.00. The van der Waals surface area contributed by atoms with E-state index < -0.39 is 6.10 Å². The Morgan fingerprint density at radius 1 is 1.17 bits per heavy atom. The van der Waals surface area contributed by atoms with E-state index in [-0.39, 0.29) is 23.4 Å². The van der Waals surface area contributed by atoms with Gasteiger partial charge in [0.15, 0.2) is 11.5 Å². The van der Waals surface area contributed by atoms with Crippen molar-refractivity contribution in [1.82, 2.24) is 0 Å². The number of nitrogens with zero attached hydrogens (tertiary/aromatic N) is 1. The highest BCUT2D eigenvalue weighted by atomic mass is 16.5. The van der Waals surface area contributed by atoms with Crippen LogP contribution in [0, 0.1) is 5.92 Å². The first-order valence-electron chi connectivity index (χ1n) is 10.5. The van der Waals surface area contributed by atoms with Crippen molar-refractivity contribution in [3.05, 3.63) is 48.2 Å². The van der Waals surface area contributed by atoms with Crippen molar-refractivity contribution in [1.29, 1.82) is 0 Å². The van der Waals surface area contributed by atoms with E-state index >= 15 is 0 Å². The van der Waals surface area contributed by atoms with Gasteiger partial charge >= 0.3 is 5.97 Å². The molecular formula is C24H35NO4. The van der Waals surface area contributed by atoms with E-state index in [0.29, 0.717) is 12.0 Å². The number of aromatic hydroxyl groups is 2. The molecule has 5 heteroatoms. The van der Waals surface area contributed by atoms with Gasteiger partial charge in [0.25, 0.3) is 0 Å². The van der Waals surface area contributed by atoms with Gasteiger partial charge in [0.1, 0.15) is 6.10 Å². The van der Waals surface area contributed by atoms with Crippen LogP contribution in [0.5, 0.6) is 11.5 Å². The van der Waals surface area contributed by atoms with E-state index in [1.165, 1.54) is 12.1 Å². The summed E-state index contributed by atoms with van der Waals surface area (Å²) in [7, 11) is 0. The molecule has 2 atom stereocenters. The van der Waals surface area contributed by atoms with Gasteiger partial charge in [-0.15, -0.1) is 0 Å². The minimum absolute atomic E-state index is 0.131. The van der Waals surface area contributed by atoms with Crippen molar-refractivity contribution in [3.8, 4) is 11.5 Å². The van der Waals surface area contributed by atoms with Crippen LogP contribution < -0.4 is 0 Å². The molecule has 160 valence electrons. The highest BCUT2D eigenvalue weighted by molar-refractivity contribution is 5.72. The summed E-state index contributed by atoms with van der Waals surface area (Å²) >= 11 is 0. The van der Waals surface area contributed by atoms with E-state index in [2.05, 4.69) is 25.4 Å². The fraction of sp³-hybridized carbons (Fsp3) is 0.500. The van der Waals surface area contributed by atoms with Crippen LogP contribution in [0.25, 0.3) is 0 Å². The number of phenolic OH excluding ortho intramolecular Hbond substituents is 2. The highest BCUT2D eigenvalue weighted by Gasteiger charge is 2.24. The maximum Gasteiger partial charge on any atom is 0.309 e. The molecule has 0 heterocycles. The Morgan fingerprint density at radius 2 is 1.93 bits per heavy atom. The number of esters is 1. The van der Waals surface area contributed by atoms with Gasteiger partial charge in [0, 0.05) is 18.8 Å². The summed E-state index contributed by atoms with van der Waals surface area (Å²) in [5.74, 6) is -0.802. The predicted octanol–water partition coefficient (Wildman–Crippen LogP) is 6.23. The Hall–Kier alpha value is -2.56. The monoisotopic (exact) mass is 401 g/mol. The summed E-state index contributed by atoms with van der Waals surface area (Å²) in [6, 6.07) is 4.48. The quantitative estimate of drug-likeness (QED) is 0.135. The number of hydrogen-bond donors (Lipinski definition) is 2. The average Bonchev–Trinajstić information content (AvgIpc) is 2.69. The molecule has 29 heavy (non-hydrogen) atoms. The molecular weight excluding hydrogens is 366 g/mol. The summed E-state index contributed by atoms with van der Waals surface area (Å²) in [5.41, 5.74) is 1.37. The van der Waals surface area contributed by atoms with Crippen molar-refractivity contribution in [2.45, 2.75) is 71.8 Å². The Morgan fingerprint density at radius 3 is 2.55 bits per heavy atom. The van der Waals surface area contributed by atoms with Gasteiger partial charge in [-0.1, -0.05) is 52.2 Å². The summed E-state index contributed by atoms with van der Waals surface area (Å²) in [5, 5.41) is 19.5. The zero-order valence-corrected chi connectivity index (χ0v) is 17.9. The van der Waals surface area contributed by atoms with Gasteiger partial charge in [0.05, 0.1) is 5.92 Å². The molecule has 0 saturated heterocycles. The largest absolute Gasteiger partial charge is 0.504 e. The van der Waals surface area contributed by atoms with E-state index in [1.54, 1.807) is 24.6 Å². The molecule has 2 N–H and O–H groups in total. The van der Waals surface area contributed by atoms with E-state index in [0.717, 1.165) is 44.1 Å². The van der Waals surface area contributed by atoms with Crippen LogP contribution in [0.2, 0.25) is 0 Å². The van der Waals surface area contributed by atoms with Crippen molar-refractivity contribution in [2.75, 3.05) is 0 Å². The van der Waals surface area contributed by atoms with Gasteiger partial charge in [-0.3, -0.25) is 9.79 Å². The van der Waals surface area contributed by atoms with Gasteiger partial charge in [0.2, 0.25) is 0 Å². The molecule has 0 aliphatic heterocycles. The Labute approximate surface area is 174 Å². The Bertz CT molecular complexity index is 709. The highest BCUT2D eigenvalue weighted by Crippen LogP contribution is 2.33. The van der Waals surface area contributed by atoms with Crippen molar-refractivity contribution >= 4 is 12.2 Å². The third-order valence-electron chi connectivity index (χ3n) is 4.75. The molecule has 1 aromatic carbocycles. The molecule has 2 unspecified atom stereocenters. The first-order chi connectivity index (χ1) is 13.9. The fourth-order valence-corrected chi connectivity index (χ4v) is 3.11. The molecule has 1 rings (SSSR count). The standard InChI is InChI=1S/C24H35NO4/c1-5-8-9-11-19(10-6-2)24(28)29-23(16-18(4)14-15-25-7-3)20-12-13-21(26)22(27)17-20/h7,12-15,17,19,23,26-27H,4-6,8-11,16H2,1-3H3/b15-14-,25-7?. The summed E-state index contributed by atoms with van der Waals surface area (Å²) in [6.45, 7) is 10.0. The molecule has 0 fully saturated rings. The predicted molar refractivity (Wildman–Crippen MR) is 118 cm³/mol. The number of aliphatic imine (C=N–C) groups is 1. The number of carbonyl (C=O) groups excluding carboxylic acids is 1. The lowest BCUT2D eigenvalue weighted by atomic mass is 9.96. The summed E-state index contributed by atoms with van der Waals surface area (Å²) in [6.07, 6.45) is 10.6. The second-order valence-electron chi connectivity index (χ2n) is 7.24. The molecule has 0 amide bonds. The summed E-state index contributed by atoms with van der Waals surface area (Å²) < 4.78 is 5.89. The number of benzene rings is 1. The van der Waals surface area contributed by atoms with Crippen molar-refractivity contribution in [3.63, 3.8) is 0 Å². The first-order valence-corrected chi connectivity index (χ1v) is 10.5. The summed E-state index contributed by atoms with van der Waals surface area (Å²) in [4.78, 5) is 16.9. The number of carbonyl (C=O) groups is 1. The van der Waals surface area contributed by atoms with Crippen LogP contribution in [0.15, 0.2) is 47.6 Å². The average molecular weight is 402 g/mol. The molecule has 0 saturated carbocycles. The normalized spacial score (nSPS) is 13.6. The van der Waals surface area contributed by atoms with E-state index in [1.807, 2.05) is 6.92 Å². The molecule has 1 aromatic rings. The second kappa shape index (κ2) is 13.6. The smallest absolute Gasteiger partial charge is 0.309 e. The minimum atomic E-state index is -0.595. The van der Waals surface area contributed by atoms with Crippen LogP contribution in [-0.2, 0) is 9.53 Å². The van der Waals surface area contributed by atoms with Gasteiger partial charge in [-0.05, 0) is 49.1 Å². The maximum absolute atomic E-state index is 12.9. The maximum atomic E-state index is 12.9. The molecule has 0 bridgehead atoms. The van der Waals surface area contributed by atoms with Crippen LogP contribution in [0.1, 0.15) is 77.4 Å². The fourth-order valence-electron chi connectivity index (χ4n) is 3.11. The topological polar surface area (TPSA) is 79.1 Å². The number of rotatable bonds is 13. The van der Waals surface area contributed by atoms with Gasteiger partial charge in [-0.25, -0.2) is 0 Å². The molecule has 0 spiro atoms. The van der Waals surface area contributed by atoms with Crippen LogP contribution in [0.3, 0.4) is 0 Å². The Kier molecular flexibility index (Phi) is 11.5. The number of phenols is 2. The minimum Gasteiger partial charge on any atom is -0.504 e. The lowest BCUT2D eigenvalue weighted by Crippen LogP contribution is -2.21. The zero-order chi connectivity index (χ0) is 21.6. The zero-order valence-electron chi connectivity index (χ0n) is 17.9. The van der Waals surface area contributed by atoms with E-state index in [9.17, 15) is 15.0 Å². The van der Waals surface area contributed by atoms with Gasteiger partial charge < -0.3 is 14.9 Å². The van der Waals surface area contributed by atoms with Crippen LogP contribution in [-0.4, -0.2) is 22.4 Å². The molecule has 0 aliphatic carbocycles. The van der Waals surface area contributed by atoms with Crippen molar-refractivity contribution in [2.24, 2.45) is 10.9 Å². The van der Waals surface area contributed by atoms with Gasteiger partial charge in [-0.2, -0.15) is 0 Å². The lowest BCUT2D eigenvalue weighted by molar-refractivity contribution is -0.155. The molecule has 0 aromatic heterocycles. The molecule has 0 radical (unpaired) electrons. The number of unbranched alkanes of at least 4 members (excludes halogenated alkanes) is 2. The van der Waals surface area contributed by atoms with E-state index in [4.69, 9.17) is 4.74 Å².